The van der Waals surface area contributed by atoms with Crippen LogP contribution >= 0.6 is 16.2 Å². The predicted octanol–water partition coefficient (Wildman–Crippen LogP) is 0.255. The second-order valence-corrected chi connectivity index (χ2v) is 6.29. The van der Waals surface area contributed by atoms with Crippen LogP contribution in [0.25, 0.3) is 0 Å². The van der Waals surface area contributed by atoms with E-state index in [2.05, 4.69) is 20.8 Å². The smallest absolute Gasteiger partial charge is 0.554 e. The summed E-state index contributed by atoms with van der Waals surface area (Å²) in [6.45, 7) is 6.42. The molecule has 7 heteroatoms. The van der Waals surface area contributed by atoms with E-state index in [0.29, 0.717) is 0 Å². The molecule has 0 rings (SSSR count). The Morgan fingerprint density at radius 2 is 1.36 bits per heavy atom. The minimum atomic E-state index is -2.87. The minimum absolute atomic E-state index is 0.137. The van der Waals surface area contributed by atoms with Crippen molar-refractivity contribution < 1.29 is 24.3 Å². The fraction of sp³-hybridized carbons (Fsp3) is 0.857. The number of hydrogen-bond acceptors (Lipinski definition) is 3. The first-order valence-corrected chi connectivity index (χ1v) is 7.52. The van der Waals surface area contributed by atoms with Crippen molar-refractivity contribution in [2.45, 2.75) is 20.8 Å². The van der Waals surface area contributed by atoms with E-state index in [1.54, 1.807) is 0 Å². The number of hydrogen-bond donors (Lipinski definition) is 2. The molecule has 0 radical (unpaired) electrons. The summed E-state index contributed by atoms with van der Waals surface area (Å²) in [5, 5.41) is 8.25. The van der Waals surface area contributed by atoms with Gasteiger partial charge in [-0.2, -0.15) is 0 Å². The van der Waals surface area contributed by atoms with Gasteiger partial charge in [0.2, 0.25) is 0 Å². The van der Waals surface area contributed by atoms with Gasteiger partial charge in [-0.15, -0.1) is 9.79 Å². The van der Waals surface area contributed by atoms with Crippen LogP contribution in [0.3, 0.4) is 0 Å². The summed E-state index contributed by atoms with van der Waals surface area (Å²) in [6, 6.07) is 0. The van der Waals surface area contributed by atoms with Crippen molar-refractivity contribution in [2.75, 3.05) is 18.5 Å². The molecule has 5 nitrogen and oxygen atoms in total. The third-order valence-electron chi connectivity index (χ3n) is 1.50. The van der Waals surface area contributed by atoms with E-state index in [-0.39, 0.29) is 7.92 Å². The SMILES string of the molecule is CC[PH+](CC)CC.O=C[O-].O=[P+](O)O. The molecule has 14 heavy (non-hydrogen) atoms. The monoisotopic (exact) mass is 245 g/mol. The lowest BCUT2D eigenvalue weighted by Gasteiger charge is -1.98. The first-order chi connectivity index (χ1) is 6.49. The zero-order valence-electron chi connectivity index (χ0n) is 8.77. The highest BCUT2D eigenvalue weighted by molar-refractivity contribution is 7.57. The van der Waals surface area contributed by atoms with E-state index >= 15 is 0 Å². The van der Waals surface area contributed by atoms with Gasteiger partial charge in [-0.1, -0.05) is 0 Å². The fourth-order valence-electron chi connectivity index (χ4n) is 0.750. The van der Waals surface area contributed by atoms with Crippen molar-refractivity contribution in [2.24, 2.45) is 0 Å². The molecule has 0 amide bonds. The summed E-state index contributed by atoms with van der Waals surface area (Å²) in [4.78, 5) is 22.5. The van der Waals surface area contributed by atoms with Gasteiger partial charge in [-0.05, 0) is 28.7 Å². The minimum Gasteiger partial charge on any atom is -0.554 e. The van der Waals surface area contributed by atoms with Crippen molar-refractivity contribution in [1.82, 2.24) is 0 Å². The third kappa shape index (κ3) is 40.6. The summed E-state index contributed by atoms with van der Waals surface area (Å²) in [7, 11) is -2.73. The average molecular weight is 245 g/mol. The molecular weight excluding hydrogens is 226 g/mol. The van der Waals surface area contributed by atoms with Crippen LogP contribution < -0.4 is 5.11 Å². The Bertz CT molecular complexity index is 118. The summed E-state index contributed by atoms with van der Waals surface area (Å²) in [6.07, 6.45) is 4.37. The Morgan fingerprint density at radius 3 is 1.36 bits per heavy atom. The fourth-order valence-corrected chi connectivity index (χ4v) is 2.25. The first kappa shape index (κ1) is 19.5. The van der Waals surface area contributed by atoms with E-state index in [9.17, 15) is 0 Å². The van der Waals surface area contributed by atoms with E-state index < -0.39 is 14.7 Å². The molecule has 0 aliphatic rings. The molecule has 0 aliphatic carbocycles. The number of carboxylic acid groups (broad SMARTS) is 1. The van der Waals surface area contributed by atoms with E-state index in [4.69, 9.17) is 24.3 Å². The lowest BCUT2D eigenvalue weighted by Crippen LogP contribution is -2.01. The number of rotatable bonds is 3. The van der Waals surface area contributed by atoms with Crippen LogP contribution in [0.1, 0.15) is 20.8 Å². The molecular formula is C7H19O5P2+. The van der Waals surface area contributed by atoms with Gasteiger partial charge < -0.3 is 9.90 Å². The van der Waals surface area contributed by atoms with Gasteiger partial charge in [0, 0.05) is 11.0 Å². The van der Waals surface area contributed by atoms with E-state index in [0.717, 1.165) is 0 Å². The van der Waals surface area contributed by atoms with Crippen LogP contribution in [-0.2, 0) is 9.36 Å². The highest BCUT2D eigenvalue weighted by atomic mass is 31.1. The molecule has 0 aromatic heterocycles. The number of carbonyl (C=O) groups excluding carboxylic acids is 1. The van der Waals surface area contributed by atoms with Gasteiger partial charge in [0.25, 0.3) is 0 Å². The molecule has 0 aliphatic heterocycles. The van der Waals surface area contributed by atoms with E-state index in [1.165, 1.54) is 18.5 Å². The Kier molecular flexibility index (Phi) is 26.0. The first-order valence-electron chi connectivity index (χ1n) is 4.24. The summed E-state index contributed by atoms with van der Waals surface area (Å²) >= 11 is 0. The zero-order chi connectivity index (χ0) is 12.0. The van der Waals surface area contributed by atoms with Crippen LogP contribution in [0.4, 0.5) is 0 Å². The largest absolute Gasteiger partial charge is 0.692 e. The third-order valence-corrected chi connectivity index (χ3v) is 4.50. The molecule has 0 saturated carbocycles. The standard InChI is InChI=1S/C6H15P.CH2O2.HO3P/c1-4-7(5-2)6-3;2-1-3;1-4(2)3/h4-6H2,1-3H3;1H,(H,2,3);(H-,1,2,3)/p+1. The molecule has 0 unspecified atom stereocenters. The molecule has 2 N–H and O–H groups in total. The molecule has 0 bridgehead atoms. The quantitative estimate of drug-likeness (QED) is 0.548. The summed E-state index contributed by atoms with van der Waals surface area (Å²) < 4.78 is 8.70. The molecule has 0 aromatic rings. The highest BCUT2D eigenvalue weighted by Gasteiger charge is 2.03. The summed E-state index contributed by atoms with van der Waals surface area (Å²) in [5.74, 6) is 0. The second kappa shape index (κ2) is 18.7. The second-order valence-electron chi connectivity index (χ2n) is 2.16. The Labute approximate surface area is 86.9 Å². The lowest BCUT2D eigenvalue weighted by molar-refractivity contribution is -0.283. The van der Waals surface area contributed by atoms with Crippen molar-refractivity contribution in [3.8, 4) is 0 Å². The van der Waals surface area contributed by atoms with Gasteiger partial charge in [-0.3, -0.25) is 0 Å². The lowest BCUT2D eigenvalue weighted by atomic mass is 10.9. The van der Waals surface area contributed by atoms with Gasteiger partial charge in [-0.25, -0.2) is 0 Å². The van der Waals surface area contributed by atoms with Crippen molar-refractivity contribution in [3.63, 3.8) is 0 Å². The molecule has 0 atom stereocenters. The zero-order valence-corrected chi connectivity index (χ0v) is 10.7. The number of carbonyl (C=O) groups is 1. The molecule has 0 heterocycles. The molecule has 0 saturated heterocycles. The van der Waals surface area contributed by atoms with Crippen LogP contribution in [0, 0.1) is 0 Å². The van der Waals surface area contributed by atoms with Crippen molar-refractivity contribution >= 4 is 22.6 Å². The van der Waals surface area contributed by atoms with Crippen molar-refractivity contribution in [3.05, 3.63) is 0 Å². The molecule has 0 spiro atoms. The molecule has 0 aromatic carbocycles. The topological polar surface area (TPSA) is 97.7 Å². The molecule has 0 fully saturated rings. The maximum absolute atomic E-state index is 8.70. The van der Waals surface area contributed by atoms with Gasteiger partial charge in [0.15, 0.2) is 0 Å². The van der Waals surface area contributed by atoms with Crippen LogP contribution in [0.15, 0.2) is 0 Å². The molecule has 86 valence electrons. The Morgan fingerprint density at radius 1 is 1.21 bits per heavy atom. The Hall–Kier alpha value is -0.0800. The van der Waals surface area contributed by atoms with Crippen LogP contribution in [-0.4, -0.2) is 34.7 Å². The Balaban J connectivity index is -0.000000147. The van der Waals surface area contributed by atoms with Gasteiger partial charge in [0.05, 0.1) is 18.5 Å². The van der Waals surface area contributed by atoms with Crippen LogP contribution in [0.2, 0.25) is 0 Å². The summed E-state index contributed by atoms with van der Waals surface area (Å²) in [5.41, 5.74) is 0. The van der Waals surface area contributed by atoms with Gasteiger partial charge in [0.1, 0.15) is 0 Å². The van der Waals surface area contributed by atoms with Gasteiger partial charge >= 0.3 is 8.25 Å². The highest BCUT2D eigenvalue weighted by Crippen LogP contribution is 2.32. The van der Waals surface area contributed by atoms with Crippen LogP contribution in [0.5, 0.6) is 0 Å². The maximum atomic E-state index is 8.70. The normalized spacial score (nSPS) is 7.86. The predicted molar refractivity (Wildman–Crippen MR) is 58.0 cm³/mol. The maximum Gasteiger partial charge on any atom is 0.692 e. The van der Waals surface area contributed by atoms with Crippen molar-refractivity contribution in [1.29, 1.82) is 0 Å². The van der Waals surface area contributed by atoms with E-state index in [1.807, 2.05) is 0 Å². The average Bonchev–Trinajstić information content (AvgIpc) is 2.08.